The average Bonchev–Trinajstić information content (AvgIpc) is 3.01. The van der Waals surface area contributed by atoms with Crippen molar-refractivity contribution in [2.24, 2.45) is 12.8 Å². The van der Waals surface area contributed by atoms with E-state index in [-0.39, 0.29) is 49.3 Å². The SMILES string of the molecule is COC(CN)CC(=O)NC(c1ccccc1)c1nc2ccccc2n1C.Cl.Cl. The monoisotopic (exact) mass is 424 g/mol. The molecule has 0 bridgehead atoms. The van der Waals surface area contributed by atoms with Gasteiger partial charge in [-0.1, -0.05) is 42.5 Å². The molecule has 0 spiro atoms. The van der Waals surface area contributed by atoms with E-state index in [1.165, 1.54) is 0 Å². The second-order valence-corrected chi connectivity index (χ2v) is 6.23. The molecule has 152 valence electrons. The van der Waals surface area contributed by atoms with Gasteiger partial charge in [-0.3, -0.25) is 4.79 Å². The third kappa shape index (κ3) is 5.23. The molecule has 0 radical (unpaired) electrons. The molecule has 0 aliphatic heterocycles. The van der Waals surface area contributed by atoms with Crippen LogP contribution in [0.1, 0.15) is 23.9 Å². The Bertz CT molecular complexity index is 882. The van der Waals surface area contributed by atoms with Crippen LogP contribution in [0.15, 0.2) is 54.6 Å². The zero-order valence-electron chi connectivity index (χ0n) is 15.9. The fourth-order valence-electron chi connectivity index (χ4n) is 3.05. The van der Waals surface area contributed by atoms with E-state index in [1.807, 2.05) is 66.2 Å². The second kappa shape index (κ2) is 11.0. The van der Waals surface area contributed by atoms with Gasteiger partial charge in [-0.15, -0.1) is 24.8 Å². The van der Waals surface area contributed by atoms with Gasteiger partial charge in [0.25, 0.3) is 0 Å². The Kier molecular flexibility index (Phi) is 9.41. The van der Waals surface area contributed by atoms with Crippen LogP contribution < -0.4 is 11.1 Å². The van der Waals surface area contributed by atoms with Crippen LogP contribution in [0.4, 0.5) is 0 Å². The highest BCUT2D eigenvalue weighted by atomic mass is 35.5. The van der Waals surface area contributed by atoms with Crippen molar-refractivity contribution in [1.29, 1.82) is 0 Å². The maximum atomic E-state index is 12.6. The van der Waals surface area contributed by atoms with E-state index in [4.69, 9.17) is 15.5 Å². The van der Waals surface area contributed by atoms with Crippen molar-refractivity contribution < 1.29 is 9.53 Å². The lowest BCUT2D eigenvalue weighted by Gasteiger charge is -2.21. The first kappa shape index (κ1) is 23.9. The molecule has 28 heavy (non-hydrogen) atoms. The molecule has 0 aliphatic carbocycles. The summed E-state index contributed by atoms with van der Waals surface area (Å²) in [6.07, 6.45) is -0.0906. The molecule has 1 amide bonds. The van der Waals surface area contributed by atoms with Crippen LogP contribution in [-0.4, -0.2) is 35.2 Å². The summed E-state index contributed by atoms with van der Waals surface area (Å²) in [7, 11) is 3.52. The molecule has 0 aliphatic rings. The van der Waals surface area contributed by atoms with E-state index >= 15 is 0 Å². The van der Waals surface area contributed by atoms with Crippen LogP contribution in [0.2, 0.25) is 0 Å². The van der Waals surface area contributed by atoms with Gasteiger partial charge >= 0.3 is 0 Å². The first-order valence-electron chi connectivity index (χ1n) is 8.62. The Morgan fingerprint density at radius 2 is 1.79 bits per heavy atom. The first-order valence-corrected chi connectivity index (χ1v) is 8.62. The van der Waals surface area contributed by atoms with Crippen LogP contribution in [-0.2, 0) is 16.6 Å². The summed E-state index contributed by atoms with van der Waals surface area (Å²) in [5, 5.41) is 3.09. The number of hydrogen-bond acceptors (Lipinski definition) is 4. The van der Waals surface area contributed by atoms with Gasteiger partial charge in [0.1, 0.15) is 11.9 Å². The normalized spacial score (nSPS) is 12.5. The molecule has 0 saturated heterocycles. The summed E-state index contributed by atoms with van der Waals surface area (Å²) in [5.41, 5.74) is 8.53. The van der Waals surface area contributed by atoms with E-state index in [0.29, 0.717) is 6.54 Å². The van der Waals surface area contributed by atoms with Gasteiger partial charge in [0, 0.05) is 20.7 Å². The third-order valence-corrected chi connectivity index (χ3v) is 4.53. The number of amides is 1. The van der Waals surface area contributed by atoms with E-state index in [1.54, 1.807) is 7.11 Å². The molecular weight excluding hydrogens is 399 g/mol. The number of imidazole rings is 1. The maximum absolute atomic E-state index is 12.6. The van der Waals surface area contributed by atoms with Crippen molar-refractivity contribution in [2.45, 2.75) is 18.6 Å². The third-order valence-electron chi connectivity index (χ3n) is 4.53. The molecule has 3 rings (SSSR count). The summed E-state index contributed by atoms with van der Waals surface area (Å²) >= 11 is 0. The van der Waals surface area contributed by atoms with Crippen LogP contribution in [0.5, 0.6) is 0 Å². The Morgan fingerprint density at radius 3 is 2.39 bits per heavy atom. The summed E-state index contributed by atoms with van der Waals surface area (Å²) in [4.78, 5) is 17.3. The lowest BCUT2D eigenvalue weighted by molar-refractivity contribution is -0.123. The largest absolute Gasteiger partial charge is 0.380 e. The number of fused-ring (bicyclic) bond motifs is 1. The standard InChI is InChI=1S/C20H24N4O2.2ClH/c1-24-17-11-7-6-10-16(17)22-20(24)19(14-8-4-3-5-9-14)23-18(25)12-15(13-21)26-2;;/h3-11,15,19H,12-13,21H2,1-2H3,(H,23,25);2*1H. The molecule has 6 nitrogen and oxygen atoms in total. The number of rotatable bonds is 7. The predicted octanol–water partition coefficient (Wildman–Crippen LogP) is 2.99. The highest BCUT2D eigenvalue weighted by Gasteiger charge is 2.23. The number of nitrogens with one attached hydrogen (secondary N) is 1. The summed E-state index contributed by atoms with van der Waals surface area (Å²) < 4.78 is 7.25. The molecule has 2 unspecified atom stereocenters. The van der Waals surface area contributed by atoms with Crippen molar-refractivity contribution in [3.63, 3.8) is 0 Å². The summed E-state index contributed by atoms with van der Waals surface area (Å²) in [6, 6.07) is 17.4. The van der Waals surface area contributed by atoms with Crippen LogP contribution in [0.25, 0.3) is 11.0 Å². The molecular formula is C20H26Cl2N4O2. The average molecular weight is 425 g/mol. The minimum absolute atomic E-state index is 0. The van der Waals surface area contributed by atoms with E-state index in [2.05, 4.69) is 5.32 Å². The molecule has 0 saturated carbocycles. The number of carbonyl (C=O) groups excluding carboxylic acids is 1. The minimum atomic E-state index is -0.351. The number of methoxy groups -OCH3 is 1. The first-order chi connectivity index (χ1) is 12.6. The number of aryl methyl sites for hydroxylation is 1. The summed E-state index contributed by atoms with van der Waals surface area (Å²) in [5.74, 6) is 0.663. The molecule has 2 atom stereocenters. The Balaban J connectivity index is 0.00000196. The van der Waals surface area contributed by atoms with Crippen LogP contribution >= 0.6 is 24.8 Å². The van der Waals surface area contributed by atoms with Crippen LogP contribution in [0.3, 0.4) is 0 Å². The zero-order valence-corrected chi connectivity index (χ0v) is 17.5. The van der Waals surface area contributed by atoms with Gasteiger partial charge in [-0.25, -0.2) is 4.98 Å². The van der Waals surface area contributed by atoms with Gasteiger partial charge in [0.2, 0.25) is 5.91 Å². The van der Waals surface area contributed by atoms with Crippen molar-refractivity contribution in [3.05, 3.63) is 66.0 Å². The number of hydrogen-bond donors (Lipinski definition) is 2. The topological polar surface area (TPSA) is 82.2 Å². The highest BCUT2D eigenvalue weighted by molar-refractivity contribution is 5.85. The molecule has 2 aromatic carbocycles. The molecule has 1 heterocycles. The fraction of sp³-hybridized carbons (Fsp3) is 0.300. The number of ether oxygens (including phenoxy) is 1. The van der Waals surface area contributed by atoms with Gasteiger partial charge in [0.15, 0.2) is 0 Å². The van der Waals surface area contributed by atoms with E-state index < -0.39 is 0 Å². The quantitative estimate of drug-likeness (QED) is 0.610. The number of aromatic nitrogens is 2. The van der Waals surface area contributed by atoms with Crippen molar-refractivity contribution in [2.75, 3.05) is 13.7 Å². The van der Waals surface area contributed by atoms with E-state index in [9.17, 15) is 4.79 Å². The Hall–Kier alpha value is -2.12. The molecule has 1 aromatic heterocycles. The Morgan fingerprint density at radius 1 is 1.14 bits per heavy atom. The number of carbonyl (C=O) groups is 1. The van der Waals surface area contributed by atoms with Gasteiger partial charge in [-0.05, 0) is 17.7 Å². The van der Waals surface area contributed by atoms with Gasteiger partial charge in [-0.2, -0.15) is 0 Å². The minimum Gasteiger partial charge on any atom is -0.380 e. The van der Waals surface area contributed by atoms with Crippen LogP contribution in [0, 0.1) is 0 Å². The lowest BCUT2D eigenvalue weighted by Crippen LogP contribution is -2.35. The van der Waals surface area contributed by atoms with Gasteiger partial charge < -0.3 is 20.4 Å². The number of nitrogens with two attached hydrogens (primary N) is 1. The number of nitrogens with zero attached hydrogens (tertiary/aromatic N) is 2. The zero-order chi connectivity index (χ0) is 18.5. The van der Waals surface area contributed by atoms with Crippen molar-refractivity contribution in [1.82, 2.24) is 14.9 Å². The van der Waals surface area contributed by atoms with Crippen molar-refractivity contribution in [3.8, 4) is 0 Å². The predicted molar refractivity (Wildman–Crippen MR) is 116 cm³/mol. The second-order valence-electron chi connectivity index (χ2n) is 6.23. The number of benzene rings is 2. The Labute approximate surface area is 177 Å². The lowest BCUT2D eigenvalue weighted by atomic mass is 10.1. The number of para-hydroxylation sites is 2. The van der Waals surface area contributed by atoms with E-state index in [0.717, 1.165) is 22.4 Å². The smallest absolute Gasteiger partial charge is 0.223 e. The molecule has 3 N–H and O–H groups in total. The van der Waals surface area contributed by atoms with Crippen molar-refractivity contribution >= 4 is 41.8 Å². The molecule has 3 aromatic rings. The van der Waals surface area contributed by atoms with Gasteiger partial charge in [0.05, 0.1) is 23.6 Å². The fourth-order valence-corrected chi connectivity index (χ4v) is 3.05. The number of halogens is 2. The molecule has 8 heteroatoms. The molecule has 0 fully saturated rings. The maximum Gasteiger partial charge on any atom is 0.223 e. The summed E-state index contributed by atoms with van der Waals surface area (Å²) in [6.45, 7) is 0.298. The highest BCUT2D eigenvalue weighted by Crippen LogP contribution is 2.25.